The molecule has 28 heavy (non-hydrogen) atoms. The van der Waals surface area contributed by atoms with E-state index < -0.39 is 0 Å². The molecular formula is C22H25N3O3. The molecule has 6 heteroatoms. The van der Waals surface area contributed by atoms with Gasteiger partial charge in [-0.25, -0.2) is 9.97 Å². The van der Waals surface area contributed by atoms with E-state index in [0.717, 1.165) is 27.8 Å². The Morgan fingerprint density at radius 1 is 1.11 bits per heavy atom. The Morgan fingerprint density at radius 2 is 1.86 bits per heavy atom. The number of nitrogens with one attached hydrogen (secondary N) is 1. The lowest BCUT2D eigenvalue weighted by atomic mass is 10.1. The first-order valence-electron chi connectivity index (χ1n) is 9.37. The summed E-state index contributed by atoms with van der Waals surface area (Å²) < 4.78 is 11.4. The van der Waals surface area contributed by atoms with Gasteiger partial charge in [0.05, 0.1) is 24.9 Å². The highest BCUT2D eigenvalue weighted by molar-refractivity contribution is 5.95. The van der Waals surface area contributed by atoms with Crippen molar-refractivity contribution in [1.82, 2.24) is 9.97 Å². The van der Waals surface area contributed by atoms with E-state index in [2.05, 4.69) is 29.1 Å². The summed E-state index contributed by atoms with van der Waals surface area (Å²) in [6.45, 7) is 6.62. The summed E-state index contributed by atoms with van der Waals surface area (Å²) in [5.41, 5.74) is 3.27. The molecule has 1 amide bonds. The van der Waals surface area contributed by atoms with Gasteiger partial charge in [-0.15, -0.1) is 0 Å². The number of rotatable bonds is 7. The lowest BCUT2D eigenvalue weighted by Crippen LogP contribution is -2.09. The minimum absolute atomic E-state index is 0.0149. The smallest absolute Gasteiger partial charge is 0.224 e. The van der Waals surface area contributed by atoms with Gasteiger partial charge in [-0.3, -0.25) is 4.79 Å². The number of carbonyl (C=O) groups is 1. The van der Waals surface area contributed by atoms with Crippen molar-refractivity contribution in [2.75, 3.05) is 19.0 Å². The molecule has 3 aromatic rings. The molecule has 1 N–H and O–H groups in total. The fraction of sp³-hybridized carbons (Fsp3) is 0.318. The standard InChI is InChI=1S/C22H25N3O3/c1-5-21(26)25-16-8-6-15(7-9-16)22-17-10-19(27-4)20(28-12-14(2)3)11-18(17)23-13-24-22/h6-11,13-14H,5,12H2,1-4H3,(H,25,26). The predicted molar refractivity (Wildman–Crippen MR) is 111 cm³/mol. The summed E-state index contributed by atoms with van der Waals surface area (Å²) in [4.78, 5) is 20.4. The Morgan fingerprint density at radius 3 is 2.50 bits per heavy atom. The Labute approximate surface area is 164 Å². The zero-order valence-corrected chi connectivity index (χ0v) is 16.7. The molecule has 0 fully saturated rings. The van der Waals surface area contributed by atoms with Gasteiger partial charge in [0.2, 0.25) is 5.91 Å². The topological polar surface area (TPSA) is 73.3 Å². The SMILES string of the molecule is CCC(=O)Nc1ccc(-c2ncnc3cc(OCC(C)C)c(OC)cc23)cc1. The Balaban J connectivity index is 1.98. The first-order valence-corrected chi connectivity index (χ1v) is 9.37. The largest absolute Gasteiger partial charge is 0.493 e. The van der Waals surface area contributed by atoms with Gasteiger partial charge in [0.1, 0.15) is 6.33 Å². The number of hydrogen-bond donors (Lipinski definition) is 1. The quantitative estimate of drug-likeness (QED) is 0.645. The zero-order chi connectivity index (χ0) is 20.1. The molecule has 0 radical (unpaired) electrons. The van der Waals surface area contributed by atoms with E-state index in [1.807, 2.05) is 43.3 Å². The van der Waals surface area contributed by atoms with Crippen molar-refractivity contribution in [3.63, 3.8) is 0 Å². The van der Waals surface area contributed by atoms with Crippen LogP contribution in [-0.2, 0) is 4.79 Å². The number of benzene rings is 2. The molecular weight excluding hydrogens is 354 g/mol. The van der Waals surface area contributed by atoms with Gasteiger partial charge < -0.3 is 14.8 Å². The summed E-state index contributed by atoms with van der Waals surface area (Å²) in [5, 5.41) is 3.72. The molecule has 1 heterocycles. The van der Waals surface area contributed by atoms with Crippen molar-refractivity contribution < 1.29 is 14.3 Å². The normalized spacial score (nSPS) is 10.9. The summed E-state index contributed by atoms with van der Waals surface area (Å²) in [6.07, 6.45) is 1.99. The molecule has 0 saturated heterocycles. The van der Waals surface area contributed by atoms with Gasteiger partial charge in [0.15, 0.2) is 11.5 Å². The van der Waals surface area contributed by atoms with Crippen molar-refractivity contribution >= 4 is 22.5 Å². The third-order valence-corrected chi connectivity index (χ3v) is 4.26. The van der Waals surface area contributed by atoms with E-state index in [1.54, 1.807) is 13.4 Å². The van der Waals surface area contributed by atoms with Crippen LogP contribution in [-0.4, -0.2) is 29.6 Å². The lowest BCUT2D eigenvalue weighted by Gasteiger charge is -2.14. The van der Waals surface area contributed by atoms with Crippen molar-refractivity contribution in [1.29, 1.82) is 0 Å². The molecule has 0 atom stereocenters. The van der Waals surface area contributed by atoms with Gasteiger partial charge in [-0.1, -0.05) is 32.9 Å². The molecule has 0 spiro atoms. The summed E-state index contributed by atoms with van der Waals surface area (Å²) in [6, 6.07) is 11.4. The second-order valence-corrected chi connectivity index (χ2v) is 6.93. The van der Waals surface area contributed by atoms with Crippen LogP contribution in [0.25, 0.3) is 22.2 Å². The van der Waals surface area contributed by atoms with E-state index in [1.165, 1.54) is 0 Å². The van der Waals surface area contributed by atoms with Crippen LogP contribution in [0, 0.1) is 5.92 Å². The molecule has 1 aromatic heterocycles. The van der Waals surface area contributed by atoms with Crippen LogP contribution < -0.4 is 14.8 Å². The van der Waals surface area contributed by atoms with E-state index >= 15 is 0 Å². The maximum absolute atomic E-state index is 11.6. The number of carbonyl (C=O) groups excluding carboxylic acids is 1. The van der Waals surface area contributed by atoms with Crippen molar-refractivity contribution in [2.45, 2.75) is 27.2 Å². The van der Waals surface area contributed by atoms with E-state index in [0.29, 0.717) is 30.4 Å². The molecule has 146 valence electrons. The minimum atomic E-state index is -0.0149. The van der Waals surface area contributed by atoms with E-state index in [-0.39, 0.29) is 5.91 Å². The Kier molecular flexibility index (Phi) is 6.09. The number of anilines is 1. The van der Waals surface area contributed by atoms with Crippen molar-refractivity contribution in [2.24, 2.45) is 5.92 Å². The monoisotopic (exact) mass is 379 g/mol. The molecule has 3 rings (SSSR count). The lowest BCUT2D eigenvalue weighted by molar-refractivity contribution is -0.115. The second kappa shape index (κ2) is 8.69. The molecule has 0 aliphatic carbocycles. The number of fused-ring (bicyclic) bond motifs is 1. The van der Waals surface area contributed by atoms with Crippen LogP contribution in [0.2, 0.25) is 0 Å². The number of methoxy groups -OCH3 is 1. The minimum Gasteiger partial charge on any atom is -0.493 e. The zero-order valence-electron chi connectivity index (χ0n) is 16.7. The molecule has 6 nitrogen and oxygen atoms in total. The number of ether oxygens (including phenoxy) is 2. The Bertz CT molecular complexity index is 969. The average Bonchev–Trinajstić information content (AvgIpc) is 2.71. The highest BCUT2D eigenvalue weighted by atomic mass is 16.5. The van der Waals surface area contributed by atoms with Crippen molar-refractivity contribution in [3.05, 3.63) is 42.7 Å². The first kappa shape index (κ1) is 19.6. The van der Waals surface area contributed by atoms with Crippen LogP contribution in [0.3, 0.4) is 0 Å². The number of nitrogens with zero attached hydrogens (tertiary/aromatic N) is 2. The van der Waals surface area contributed by atoms with E-state index in [9.17, 15) is 4.79 Å². The van der Waals surface area contributed by atoms with Crippen LogP contribution in [0.1, 0.15) is 27.2 Å². The third kappa shape index (κ3) is 4.39. The molecule has 0 aliphatic rings. The average molecular weight is 379 g/mol. The maximum atomic E-state index is 11.6. The van der Waals surface area contributed by atoms with Crippen LogP contribution in [0.5, 0.6) is 11.5 Å². The Hall–Kier alpha value is -3.15. The molecule has 2 aromatic carbocycles. The van der Waals surface area contributed by atoms with Crippen LogP contribution in [0.4, 0.5) is 5.69 Å². The summed E-state index contributed by atoms with van der Waals surface area (Å²) in [5.74, 6) is 1.72. The molecule has 0 unspecified atom stereocenters. The maximum Gasteiger partial charge on any atom is 0.224 e. The second-order valence-electron chi connectivity index (χ2n) is 6.93. The third-order valence-electron chi connectivity index (χ3n) is 4.26. The van der Waals surface area contributed by atoms with Crippen LogP contribution >= 0.6 is 0 Å². The van der Waals surface area contributed by atoms with Gasteiger partial charge in [-0.05, 0) is 24.1 Å². The number of aromatic nitrogens is 2. The van der Waals surface area contributed by atoms with Gasteiger partial charge in [0, 0.05) is 29.1 Å². The van der Waals surface area contributed by atoms with E-state index in [4.69, 9.17) is 9.47 Å². The molecule has 0 aliphatic heterocycles. The predicted octanol–water partition coefficient (Wildman–Crippen LogP) is 4.69. The van der Waals surface area contributed by atoms with Crippen molar-refractivity contribution in [3.8, 4) is 22.8 Å². The highest BCUT2D eigenvalue weighted by Gasteiger charge is 2.13. The fourth-order valence-electron chi connectivity index (χ4n) is 2.78. The van der Waals surface area contributed by atoms with Gasteiger partial charge >= 0.3 is 0 Å². The number of amides is 1. The van der Waals surface area contributed by atoms with Crippen LogP contribution in [0.15, 0.2) is 42.7 Å². The van der Waals surface area contributed by atoms with Gasteiger partial charge in [-0.2, -0.15) is 0 Å². The summed E-state index contributed by atoms with van der Waals surface area (Å²) in [7, 11) is 1.62. The summed E-state index contributed by atoms with van der Waals surface area (Å²) >= 11 is 0. The van der Waals surface area contributed by atoms with Gasteiger partial charge in [0.25, 0.3) is 0 Å². The fourth-order valence-corrected chi connectivity index (χ4v) is 2.78. The molecule has 0 bridgehead atoms. The first-order chi connectivity index (χ1) is 13.5. The molecule has 0 saturated carbocycles. The number of hydrogen-bond acceptors (Lipinski definition) is 5. The highest BCUT2D eigenvalue weighted by Crippen LogP contribution is 2.35.